The van der Waals surface area contributed by atoms with Crippen LogP contribution in [0.15, 0.2) is 35.5 Å². The van der Waals surface area contributed by atoms with Gasteiger partial charge < -0.3 is 5.11 Å². The number of aliphatic hydroxyl groups excluding tert-OH is 1. The zero-order valence-electron chi connectivity index (χ0n) is 19.0. The van der Waals surface area contributed by atoms with E-state index >= 15 is 0 Å². The van der Waals surface area contributed by atoms with Crippen molar-refractivity contribution in [1.29, 1.82) is 0 Å². The van der Waals surface area contributed by atoms with E-state index in [1.54, 1.807) is 5.57 Å². The van der Waals surface area contributed by atoms with Crippen molar-refractivity contribution < 1.29 is 5.11 Å². The fraction of sp³-hybridized carbons (Fsp3) is 0.778. The summed E-state index contributed by atoms with van der Waals surface area (Å²) in [6.07, 6.45) is 18.2. The SMILES string of the molecule is C=C1CC[C@H](O)C/C1=C/C=C1\CCCC2(C)C1CCC2C(C)CCCC(C)C. The van der Waals surface area contributed by atoms with E-state index in [0.717, 1.165) is 42.9 Å². The van der Waals surface area contributed by atoms with Crippen molar-refractivity contribution in [2.75, 3.05) is 0 Å². The summed E-state index contributed by atoms with van der Waals surface area (Å²) in [5.41, 5.74) is 4.72. The Labute approximate surface area is 174 Å². The van der Waals surface area contributed by atoms with E-state index in [4.69, 9.17) is 0 Å². The number of allylic oxidation sites excluding steroid dienone is 4. The predicted octanol–water partition coefficient (Wildman–Crippen LogP) is 7.62. The average Bonchev–Trinajstić information content (AvgIpc) is 2.99. The highest BCUT2D eigenvalue weighted by molar-refractivity contribution is 5.36. The second kappa shape index (κ2) is 9.33. The first-order valence-electron chi connectivity index (χ1n) is 12.1. The zero-order valence-corrected chi connectivity index (χ0v) is 19.0. The molecule has 28 heavy (non-hydrogen) atoms. The van der Waals surface area contributed by atoms with Crippen LogP contribution in [0, 0.1) is 29.1 Å². The van der Waals surface area contributed by atoms with Crippen molar-refractivity contribution >= 4 is 0 Å². The summed E-state index contributed by atoms with van der Waals surface area (Å²) in [6, 6.07) is 0. The van der Waals surface area contributed by atoms with Crippen LogP contribution < -0.4 is 0 Å². The van der Waals surface area contributed by atoms with Crippen LogP contribution in [0.25, 0.3) is 0 Å². The monoisotopic (exact) mass is 384 g/mol. The molecule has 3 aliphatic rings. The Morgan fingerprint density at radius 2 is 1.89 bits per heavy atom. The Morgan fingerprint density at radius 1 is 1.11 bits per heavy atom. The highest BCUT2D eigenvalue weighted by atomic mass is 16.3. The molecule has 0 bridgehead atoms. The van der Waals surface area contributed by atoms with E-state index < -0.39 is 0 Å². The molecular weight excluding hydrogens is 340 g/mol. The van der Waals surface area contributed by atoms with Gasteiger partial charge in [0, 0.05) is 0 Å². The van der Waals surface area contributed by atoms with Gasteiger partial charge in [-0.05, 0) is 86.0 Å². The van der Waals surface area contributed by atoms with Gasteiger partial charge in [-0.2, -0.15) is 0 Å². The fourth-order valence-corrected chi connectivity index (χ4v) is 6.66. The maximum absolute atomic E-state index is 10.0. The van der Waals surface area contributed by atoms with Gasteiger partial charge in [0.1, 0.15) is 0 Å². The third-order valence-electron chi connectivity index (χ3n) is 8.35. The number of hydrogen-bond acceptors (Lipinski definition) is 1. The summed E-state index contributed by atoms with van der Waals surface area (Å²) in [4.78, 5) is 0. The topological polar surface area (TPSA) is 20.2 Å². The van der Waals surface area contributed by atoms with Gasteiger partial charge in [-0.15, -0.1) is 0 Å². The fourth-order valence-electron chi connectivity index (χ4n) is 6.66. The van der Waals surface area contributed by atoms with E-state index in [1.807, 2.05) is 0 Å². The van der Waals surface area contributed by atoms with Gasteiger partial charge in [-0.3, -0.25) is 0 Å². The highest BCUT2D eigenvalue weighted by Gasteiger charge is 2.50. The summed E-state index contributed by atoms with van der Waals surface area (Å²) >= 11 is 0. The van der Waals surface area contributed by atoms with E-state index in [-0.39, 0.29) is 6.10 Å². The molecule has 4 unspecified atom stereocenters. The lowest BCUT2D eigenvalue weighted by Gasteiger charge is -2.44. The molecule has 5 atom stereocenters. The molecule has 3 saturated carbocycles. The average molecular weight is 385 g/mol. The van der Waals surface area contributed by atoms with Gasteiger partial charge in [-0.25, -0.2) is 0 Å². The molecule has 0 heterocycles. The molecule has 0 aromatic heterocycles. The van der Waals surface area contributed by atoms with Crippen LogP contribution in [0.5, 0.6) is 0 Å². The number of fused-ring (bicyclic) bond motifs is 1. The molecule has 0 saturated heterocycles. The minimum atomic E-state index is -0.172. The van der Waals surface area contributed by atoms with Crippen LogP contribution in [0.2, 0.25) is 0 Å². The third-order valence-corrected chi connectivity index (χ3v) is 8.35. The van der Waals surface area contributed by atoms with E-state index in [9.17, 15) is 5.11 Å². The van der Waals surface area contributed by atoms with Crippen LogP contribution in [-0.2, 0) is 0 Å². The van der Waals surface area contributed by atoms with Gasteiger partial charge in [0.2, 0.25) is 0 Å². The summed E-state index contributed by atoms with van der Waals surface area (Å²) in [5, 5.41) is 10.0. The first kappa shape index (κ1) is 21.9. The lowest BCUT2D eigenvalue weighted by Crippen LogP contribution is -2.36. The van der Waals surface area contributed by atoms with Crippen molar-refractivity contribution in [2.45, 2.75) is 104 Å². The summed E-state index contributed by atoms with van der Waals surface area (Å²) < 4.78 is 0. The lowest BCUT2D eigenvalue weighted by molar-refractivity contribution is 0.0929. The van der Waals surface area contributed by atoms with Crippen molar-refractivity contribution in [2.24, 2.45) is 29.1 Å². The molecule has 1 N–H and O–H groups in total. The van der Waals surface area contributed by atoms with Crippen molar-refractivity contribution in [3.8, 4) is 0 Å². The first-order valence-corrected chi connectivity index (χ1v) is 12.1. The van der Waals surface area contributed by atoms with E-state index in [2.05, 4.69) is 46.4 Å². The molecular formula is C27H44O. The molecule has 0 aliphatic heterocycles. The first-order chi connectivity index (χ1) is 13.3. The summed E-state index contributed by atoms with van der Waals surface area (Å²) in [5.74, 6) is 3.37. The predicted molar refractivity (Wildman–Crippen MR) is 121 cm³/mol. The van der Waals surface area contributed by atoms with Crippen molar-refractivity contribution in [3.05, 3.63) is 35.5 Å². The lowest BCUT2D eigenvalue weighted by atomic mass is 9.60. The molecule has 3 fully saturated rings. The van der Waals surface area contributed by atoms with Gasteiger partial charge in [-0.1, -0.05) is 76.8 Å². The normalized spacial score (nSPS) is 37.6. The Bertz CT molecular complexity index is 610. The van der Waals surface area contributed by atoms with Crippen LogP contribution in [0.1, 0.15) is 98.3 Å². The third kappa shape index (κ3) is 4.84. The van der Waals surface area contributed by atoms with Crippen LogP contribution >= 0.6 is 0 Å². The molecule has 3 aliphatic carbocycles. The van der Waals surface area contributed by atoms with Gasteiger partial charge in [0.25, 0.3) is 0 Å². The molecule has 1 nitrogen and oxygen atoms in total. The Hall–Kier alpha value is -0.820. The second-order valence-electron chi connectivity index (χ2n) is 10.8. The van der Waals surface area contributed by atoms with Crippen molar-refractivity contribution in [1.82, 2.24) is 0 Å². The standard InChI is InChI=1S/C27H44O/c1-19(2)8-6-9-21(4)25-15-16-26-22(10-7-17-27(25,26)5)12-13-23-18-24(28)14-11-20(23)3/h12-13,19,21,24-26,28H,3,6-11,14-18H2,1-2,4-5H3/b22-12+,23-13-/t21?,24-,25?,26?,27?/m0/s1. The molecule has 0 aromatic carbocycles. The number of hydrogen-bond donors (Lipinski definition) is 1. The maximum Gasteiger partial charge on any atom is 0.0583 e. The minimum Gasteiger partial charge on any atom is -0.393 e. The zero-order chi connectivity index (χ0) is 20.3. The van der Waals surface area contributed by atoms with E-state index in [1.165, 1.54) is 62.5 Å². The smallest absolute Gasteiger partial charge is 0.0583 e. The van der Waals surface area contributed by atoms with E-state index in [0.29, 0.717) is 5.41 Å². The van der Waals surface area contributed by atoms with Gasteiger partial charge in [0.15, 0.2) is 0 Å². The molecule has 0 radical (unpaired) electrons. The number of rotatable bonds is 6. The molecule has 3 rings (SSSR count). The van der Waals surface area contributed by atoms with Crippen LogP contribution in [-0.4, -0.2) is 11.2 Å². The number of aliphatic hydroxyl groups is 1. The highest BCUT2D eigenvalue weighted by Crippen LogP contribution is 2.59. The molecule has 0 amide bonds. The largest absolute Gasteiger partial charge is 0.393 e. The van der Waals surface area contributed by atoms with Crippen LogP contribution in [0.3, 0.4) is 0 Å². The molecule has 0 spiro atoms. The van der Waals surface area contributed by atoms with Crippen molar-refractivity contribution in [3.63, 3.8) is 0 Å². The Morgan fingerprint density at radius 3 is 2.64 bits per heavy atom. The Kier molecular flexibility index (Phi) is 7.29. The Balaban J connectivity index is 1.70. The van der Waals surface area contributed by atoms with Crippen LogP contribution in [0.4, 0.5) is 0 Å². The maximum atomic E-state index is 10.0. The summed E-state index contributed by atoms with van der Waals surface area (Å²) in [6.45, 7) is 14.1. The quantitative estimate of drug-likeness (QED) is 0.499. The minimum absolute atomic E-state index is 0.172. The second-order valence-corrected chi connectivity index (χ2v) is 10.8. The van der Waals surface area contributed by atoms with Gasteiger partial charge in [0.05, 0.1) is 6.10 Å². The molecule has 0 aromatic rings. The molecule has 1 heteroatoms. The molecule has 158 valence electrons. The summed E-state index contributed by atoms with van der Waals surface area (Å²) in [7, 11) is 0. The van der Waals surface area contributed by atoms with Gasteiger partial charge >= 0.3 is 0 Å².